The van der Waals surface area contributed by atoms with Crippen LogP contribution in [0.3, 0.4) is 0 Å². The molecular weight excluding hydrogens is 282 g/mol. The van der Waals surface area contributed by atoms with Crippen molar-refractivity contribution in [1.29, 1.82) is 0 Å². The van der Waals surface area contributed by atoms with Gasteiger partial charge in [0, 0.05) is 11.1 Å². The number of nitrogens with zero attached hydrogens (tertiary/aromatic N) is 1. The summed E-state index contributed by atoms with van der Waals surface area (Å²) < 4.78 is 5.97. The van der Waals surface area contributed by atoms with Gasteiger partial charge in [0.25, 0.3) is 5.56 Å². The molecule has 0 atom stereocenters. The van der Waals surface area contributed by atoms with Crippen molar-refractivity contribution >= 4 is 22.6 Å². The summed E-state index contributed by atoms with van der Waals surface area (Å²) in [6.07, 6.45) is 0. The van der Waals surface area contributed by atoms with E-state index in [9.17, 15) is 14.7 Å². The second-order valence-corrected chi connectivity index (χ2v) is 4.60. The van der Waals surface area contributed by atoms with Crippen LogP contribution in [0.5, 0.6) is 5.75 Å². The lowest BCUT2D eigenvalue weighted by Gasteiger charge is -2.05. The topological polar surface area (TPSA) is 72.4 Å². The maximum atomic E-state index is 12.3. The van der Waals surface area contributed by atoms with Crippen LogP contribution < -0.4 is 11.3 Å². The fraction of sp³-hybridized carbons (Fsp3) is 0. The molecule has 0 bridgehead atoms. The van der Waals surface area contributed by atoms with Crippen LogP contribution in [0.2, 0.25) is 5.02 Å². The third kappa shape index (κ3) is 1.98. The number of aromatic nitrogens is 1. The lowest BCUT2D eigenvalue weighted by atomic mass is 10.2. The highest BCUT2D eigenvalue weighted by Gasteiger charge is 2.11. The Bertz CT molecular complexity index is 909. The average molecular weight is 290 g/mol. The maximum Gasteiger partial charge on any atom is 0.426 e. The molecule has 6 heteroatoms. The Kier molecular flexibility index (Phi) is 2.84. The van der Waals surface area contributed by atoms with Gasteiger partial charge in [-0.3, -0.25) is 4.79 Å². The number of phenolic OH excluding ortho intramolecular Hbond substituents is 1. The number of hydrogen-bond acceptors (Lipinski definition) is 4. The summed E-state index contributed by atoms with van der Waals surface area (Å²) in [5, 5.41) is 10.0. The number of phenols is 1. The Morgan fingerprint density at radius 2 is 1.75 bits per heavy atom. The first-order chi connectivity index (χ1) is 9.56. The molecule has 0 fully saturated rings. The van der Waals surface area contributed by atoms with Crippen LogP contribution >= 0.6 is 11.6 Å². The molecule has 1 heterocycles. The lowest BCUT2D eigenvalue weighted by molar-refractivity contribution is 0.469. The van der Waals surface area contributed by atoms with Gasteiger partial charge >= 0.3 is 5.76 Å². The van der Waals surface area contributed by atoms with Gasteiger partial charge in [-0.05, 0) is 36.4 Å². The molecule has 5 nitrogen and oxygen atoms in total. The molecule has 1 aromatic heterocycles. The zero-order valence-corrected chi connectivity index (χ0v) is 10.8. The van der Waals surface area contributed by atoms with Gasteiger partial charge in [-0.1, -0.05) is 11.6 Å². The van der Waals surface area contributed by atoms with E-state index in [1.165, 1.54) is 18.2 Å². The predicted molar refractivity (Wildman–Crippen MR) is 74.8 cm³/mol. The summed E-state index contributed by atoms with van der Waals surface area (Å²) in [4.78, 5) is 24.3. The highest BCUT2D eigenvalue weighted by molar-refractivity contribution is 6.30. The van der Waals surface area contributed by atoms with E-state index in [4.69, 9.17) is 16.0 Å². The van der Waals surface area contributed by atoms with Crippen molar-refractivity contribution in [2.75, 3.05) is 0 Å². The highest BCUT2D eigenvalue weighted by Crippen LogP contribution is 2.17. The zero-order chi connectivity index (χ0) is 14.3. The first-order valence-corrected chi connectivity index (χ1v) is 6.09. The molecule has 0 aliphatic heterocycles. The molecule has 0 radical (unpaired) electrons. The largest absolute Gasteiger partial charge is 0.508 e. The zero-order valence-electron chi connectivity index (χ0n) is 10.0. The molecule has 3 aromatic rings. The summed E-state index contributed by atoms with van der Waals surface area (Å²) in [5.74, 6) is -0.903. The van der Waals surface area contributed by atoms with Gasteiger partial charge in [0.1, 0.15) is 11.3 Å². The maximum absolute atomic E-state index is 12.3. The molecule has 0 amide bonds. The number of aromatic hydroxyl groups is 1. The van der Waals surface area contributed by atoms with Gasteiger partial charge in [0.2, 0.25) is 0 Å². The van der Waals surface area contributed by atoms with E-state index >= 15 is 0 Å². The van der Waals surface area contributed by atoms with Crippen LogP contribution in [0.4, 0.5) is 0 Å². The third-order valence-electron chi connectivity index (χ3n) is 2.86. The number of fused-ring (bicyclic) bond motifs is 1. The van der Waals surface area contributed by atoms with Crippen LogP contribution in [0.15, 0.2) is 56.5 Å². The van der Waals surface area contributed by atoms with Crippen molar-refractivity contribution in [3.05, 3.63) is 68.4 Å². The summed E-state index contributed by atoms with van der Waals surface area (Å²) in [7, 11) is 0. The molecular formula is C14H8ClNO4. The van der Waals surface area contributed by atoms with Gasteiger partial charge in [0.15, 0.2) is 0 Å². The SMILES string of the molecule is O=c1oc2cc(O)ccc2c(=O)n1-c1ccc(Cl)cc1. The molecule has 3 rings (SSSR count). The van der Waals surface area contributed by atoms with E-state index in [-0.39, 0.29) is 16.7 Å². The molecule has 1 N–H and O–H groups in total. The molecule has 0 aliphatic carbocycles. The minimum Gasteiger partial charge on any atom is -0.508 e. The van der Waals surface area contributed by atoms with E-state index < -0.39 is 11.3 Å². The fourth-order valence-corrected chi connectivity index (χ4v) is 2.05. The number of rotatable bonds is 1. The second-order valence-electron chi connectivity index (χ2n) is 4.17. The third-order valence-corrected chi connectivity index (χ3v) is 3.12. The monoisotopic (exact) mass is 289 g/mol. The Morgan fingerprint density at radius 3 is 2.45 bits per heavy atom. The van der Waals surface area contributed by atoms with Gasteiger partial charge in [-0.25, -0.2) is 9.36 Å². The van der Waals surface area contributed by atoms with Gasteiger partial charge in [0.05, 0.1) is 11.1 Å². The minimum atomic E-state index is -0.824. The van der Waals surface area contributed by atoms with E-state index in [1.807, 2.05) is 0 Å². The van der Waals surface area contributed by atoms with Crippen LogP contribution in [0.1, 0.15) is 0 Å². The van der Waals surface area contributed by atoms with E-state index in [2.05, 4.69) is 0 Å². The first kappa shape index (κ1) is 12.5. The molecule has 2 aromatic carbocycles. The number of halogens is 1. The van der Waals surface area contributed by atoms with Crippen LogP contribution in [0.25, 0.3) is 16.7 Å². The lowest BCUT2D eigenvalue weighted by Crippen LogP contribution is -2.30. The summed E-state index contributed by atoms with van der Waals surface area (Å²) >= 11 is 5.77. The Balaban J connectivity index is 2.37. The smallest absolute Gasteiger partial charge is 0.426 e. The van der Waals surface area contributed by atoms with Crippen molar-refractivity contribution in [1.82, 2.24) is 4.57 Å². The van der Waals surface area contributed by atoms with Crippen molar-refractivity contribution < 1.29 is 9.52 Å². The number of hydrogen-bond donors (Lipinski definition) is 1. The predicted octanol–water partition coefficient (Wildman–Crippen LogP) is 2.30. The van der Waals surface area contributed by atoms with Crippen LogP contribution in [-0.4, -0.2) is 9.67 Å². The van der Waals surface area contributed by atoms with Gasteiger partial charge in [-0.2, -0.15) is 0 Å². The van der Waals surface area contributed by atoms with Crippen molar-refractivity contribution in [2.45, 2.75) is 0 Å². The molecule has 100 valence electrons. The van der Waals surface area contributed by atoms with Crippen LogP contribution in [0, 0.1) is 0 Å². The Morgan fingerprint density at radius 1 is 1.05 bits per heavy atom. The van der Waals surface area contributed by atoms with E-state index in [1.54, 1.807) is 24.3 Å². The number of benzene rings is 2. The van der Waals surface area contributed by atoms with Crippen LogP contribution in [-0.2, 0) is 0 Å². The first-order valence-electron chi connectivity index (χ1n) is 5.71. The Hall–Kier alpha value is -2.53. The summed E-state index contributed by atoms with van der Waals surface area (Å²) in [6, 6.07) is 10.2. The molecule has 0 unspecified atom stereocenters. The fourth-order valence-electron chi connectivity index (χ4n) is 1.93. The van der Waals surface area contributed by atoms with Gasteiger partial charge < -0.3 is 9.52 Å². The minimum absolute atomic E-state index is 0.0465. The summed E-state index contributed by atoms with van der Waals surface area (Å²) in [6.45, 7) is 0. The highest BCUT2D eigenvalue weighted by atomic mass is 35.5. The van der Waals surface area contributed by atoms with Crippen molar-refractivity contribution in [3.63, 3.8) is 0 Å². The normalized spacial score (nSPS) is 10.8. The van der Waals surface area contributed by atoms with E-state index in [0.717, 1.165) is 4.57 Å². The average Bonchev–Trinajstić information content (AvgIpc) is 2.40. The van der Waals surface area contributed by atoms with E-state index in [0.29, 0.717) is 10.7 Å². The second kappa shape index (κ2) is 4.54. The Labute approximate surface area is 117 Å². The van der Waals surface area contributed by atoms with Gasteiger partial charge in [-0.15, -0.1) is 0 Å². The molecule has 0 spiro atoms. The molecule has 0 aliphatic rings. The summed E-state index contributed by atoms with van der Waals surface area (Å²) in [5.41, 5.74) is -0.105. The quantitative estimate of drug-likeness (QED) is 0.746. The van der Waals surface area contributed by atoms with Crippen molar-refractivity contribution in [3.8, 4) is 11.4 Å². The molecule has 0 saturated carbocycles. The van der Waals surface area contributed by atoms with Crippen molar-refractivity contribution in [2.24, 2.45) is 0 Å². The molecule has 0 saturated heterocycles. The molecule has 20 heavy (non-hydrogen) atoms. The standard InChI is InChI=1S/C14H8ClNO4/c15-8-1-3-9(4-2-8)16-13(18)11-6-5-10(17)7-12(11)20-14(16)19/h1-7,17H.